The molecule has 0 aliphatic heterocycles. The molecule has 2 heterocycles. The summed E-state index contributed by atoms with van der Waals surface area (Å²) in [6.07, 6.45) is 0. The Morgan fingerprint density at radius 1 is 0.971 bits per heavy atom. The van der Waals surface area contributed by atoms with Crippen LogP contribution >= 0.6 is 11.8 Å². The molecule has 2 aromatic carbocycles. The van der Waals surface area contributed by atoms with E-state index in [0.29, 0.717) is 28.2 Å². The molecule has 4 rings (SSSR count). The largest absolute Gasteiger partial charge is 0.368 e. The molecule has 9 nitrogen and oxygen atoms in total. The van der Waals surface area contributed by atoms with Crippen molar-refractivity contribution in [3.63, 3.8) is 0 Å². The number of nitrogen functional groups attached to an aromatic ring is 1. The van der Waals surface area contributed by atoms with Crippen molar-refractivity contribution >= 4 is 29.3 Å². The molecular formula is C22H23F2N9S. The minimum atomic E-state index is -0.342. The van der Waals surface area contributed by atoms with Gasteiger partial charge in [-0.15, -0.1) is 10.2 Å². The van der Waals surface area contributed by atoms with Crippen molar-refractivity contribution in [2.24, 2.45) is 0 Å². The fraction of sp³-hybridized carbons (Fsp3) is 0.227. The van der Waals surface area contributed by atoms with Crippen molar-refractivity contribution in [3.05, 3.63) is 71.8 Å². The predicted molar refractivity (Wildman–Crippen MR) is 127 cm³/mol. The van der Waals surface area contributed by atoms with Gasteiger partial charge >= 0.3 is 0 Å². The van der Waals surface area contributed by atoms with Crippen molar-refractivity contribution in [1.82, 2.24) is 34.6 Å². The summed E-state index contributed by atoms with van der Waals surface area (Å²) in [5.74, 6) is 1.11. The van der Waals surface area contributed by atoms with Gasteiger partial charge in [0.05, 0.1) is 11.8 Å². The lowest BCUT2D eigenvalue weighted by atomic mass is 10.2. The molecule has 0 fully saturated rings. The molecule has 12 heteroatoms. The van der Waals surface area contributed by atoms with Crippen molar-refractivity contribution in [2.45, 2.75) is 23.9 Å². The Bertz CT molecular complexity index is 1260. The molecule has 0 bridgehead atoms. The second kappa shape index (κ2) is 10.1. The molecule has 2 aromatic heterocycles. The quantitative estimate of drug-likeness (QED) is 0.360. The minimum Gasteiger partial charge on any atom is -0.368 e. The summed E-state index contributed by atoms with van der Waals surface area (Å²) in [6.45, 7) is 2.01. The summed E-state index contributed by atoms with van der Waals surface area (Å²) in [7, 11) is 3.90. The normalized spacial score (nSPS) is 12.2. The maximum Gasteiger partial charge on any atom is 0.232 e. The number of thioether (sulfide) groups is 1. The fourth-order valence-electron chi connectivity index (χ4n) is 3.06. The third-order valence-corrected chi connectivity index (χ3v) is 5.95. The lowest BCUT2D eigenvalue weighted by Crippen LogP contribution is -2.20. The van der Waals surface area contributed by atoms with Gasteiger partial charge < -0.3 is 11.1 Å². The smallest absolute Gasteiger partial charge is 0.232 e. The van der Waals surface area contributed by atoms with Gasteiger partial charge in [0.1, 0.15) is 17.5 Å². The molecule has 0 aliphatic carbocycles. The fourth-order valence-corrected chi connectivity index (χ4v) is 3.87. The van der Waals surface area contributed by atoms with Crippen molar-refractivity contribution < 1.29 is 8.78 Å². The molecule has 0 saturated carbocycles. The van der Waals surface area contributed by atoms with Gasteiger partial charge in [0.15, 0.2) is 11.0 Å². The number of rotatable bonds is 8. The molecule has 0 radical (unpaired) electrons. The van der Waals surface area contributed by atoms with Crippen molar-refractivity contribution in [2.75, 3.05) is 25.1 Å². The van der Waals surface area contributed by atoms with Gasteiger partial charge in [0.2, 0.25) is 11.9 Å². The van der Waals surface area contributed by atoms with Gasteiger partial charge in [-0.25, -0.2) is 8.78 Å². The zero-order valence-corrected chi connectivity index (χ0v) is 19.6. The van der Waals surface area contributed by atoms with Crippen LogP contribution in [0.5, 0.6) is 0 Å². The van der Waals surface area contributed by atoms with Crippen LogP contribution in [0.2, 0.25) is 0 Å². The zero-order chi connectivity index (χ0) is 24.2. The first-order chi connectivity index (χ1) is 16.3. The lowest BCUT2D eigenvalue weighted by molar-refractivity contribution is 0.305. The predicted octanol–water partition coefficient (Wildman–Crippen LogP) is 3.97. The van der Waals surface area contributed by atoms with Gasteiger partial charge in [0, 0.05) is 11.4 Å². The van der Waals surface area contributed by atoms with Crippen LogP contribution in [0, 0.1) is 11.6 Å². The van der Waals surface area contributed by atoms with E-state index in [9.17, 15) is 8.78 Å². The maximum absolute atomic E-state index is 13.5. The Kier molecular flexibility index (Phi) is 6.98. The van der Waals surface area contributed by atoms with Gasteiger partial charge in [-0.2, -0.15) is 15.0 Å². The number of nitrogens with zero attached hydrogens (tertiary/aromatic N) is 7. The van der Waals surface area contributed by atoms with Crippen LogP contribution in [-0.4, -0.2) is 48.7 Å². The third-order valence-electron chi connectivity index (χ3n) is 5.02. The number of anilines is 3. The average Bonchev–Trinajstić information content (AvgIpc) is 3.22. The van der Waals surface area contributed by atoms with E-state index < -0.39 is 0 Å². The van der Waals surface area contributed by atoms with Gasteiger partial charge in [-0.05, 0) is 69.6 Å². The molecule has 0 unspecified atom stereocenters. The standard InChI is InChI=1S/C22H23F2N9S/c1-13(32(2)3)19-30-31-22(33(19)17-10-6-15(24)7-11-17)34-12-18-27-20(25)29-21(28-18)26-16-8-4-14(23)5-9-16/h4-11,13H,12H2,1-3H3,(H3,25,26,27,28,29)/t13-/m0/s1. The SMILES string of the molecule is C[C@@H](c1nnc(SCc2nc(N)nc(Nc3ccc(F)cc3)n2)n1-c1ccc(F)cc1)N(C)C. The molecular weight excluding hydrogens is 460 g/mol. The molecule has 0 aliphatic rings. The highest BCUT2D eigenvalue weighted by Gasteiger charge is 2.21. The Balaban J connectivity index is 1.59. The number of hydrogen-bond donors (Lipinski definition) is 2. The molecule has 0 amide bonds. The van der Waals surface area contributed by atoms with Crippen LogP contribution in [0.4, 0.5) is 26.4 Å². The van der Waals surface area contributed by atoms with E-state index in [2.05, 4.69) is 30.5 Å². The van der Waals surface area contributed by atoms with Crippen LogP contribution in [-0.2, 0) is 5.75 Å². The molecule has 4 aromatic rings. The summed E-state index contributed by atoms with van der Waals surface area (Å²) in [5.41, 5.74) is 7.23. The lowest BCUT2D eigenvalue weighted by Gasteiger charge is -2.20. The maximum atomic E-state index is 13.5. The summed E-state index contributed by atoms with van der Waals surface area (Å²) in [5, 5.41) is 12.3. The Morgan fingerprint density at radius 3 is 2.26 bits per heavy atom. The number of aromatic nitrogens is 6. The van der Waals surface area contributed by atoms with Crippen LogP contribution in [0.3, 0.4) is 0 Å². The summed E-state index contributed by atoms with van der Waals surface area (Å²) < 4.78 is 28.6. The molecule has 1 atom stereocenters. The first kappa shape index (κ1) is 23.5. The van der Waals surface area contributed by atoms with E-state index in [4.69, 9.17) is 5.73 Å². The molecule has 176 valence electrons. The average molecular weight is 484 g/mol. The monoisotopic (exact) mass is 483 g/mol. The molecule has 0 spiro atoms. The Morgan fingerprint density at radius 2 is 1.62 bits per heavy atom. The second-order valence-electron chi connectivity index (χ2n) is 7.65. The third kappa shape index (κ3) is 5.46. The Labute approximate surface area is 199 Å². The first-order valence-electron chi connectivity index (χ1n) is 10.3. The number of hydrogen-bond acceptors (Lipinski definition) is 9. The summed E-state index contributed by atoms with van der Waals surface area (Å²) in [4.78, 5) is 14.7. The van der Waals surface area contributed by atoms with Crippen LogP contribution in [0.25, 0.3) is 5.69 Å². The highest BCUT2D eigenvalue weighted by Crippen LogP contribution is 2.28. The van der Waals surface area contributed by atoms with Gasteiger partial charge in [-0.3, -0.25) is 9.47 Å². The van der Waals surface area contributed by atoms with Gasteiger partial charge in [0.25, 0.3) is 0 Å². The number of nitrogens with two attached hydrogens (primary N) is 1. The van der Waals surface area contributed by atoms with Crippen molar-refractivity contribution in [3.8, 4) is 5.69 Å². The van der Waals surface area contributed by atoms with Gasteiger partial charge in [-0.1, -0.05) is 11.8 Å². The van der Waals surface area contributed by atoms with E-state index in [-0.39, 0.29) is 29.6 Å². The number of nitrogens with one attached hydrogen (secondary N) is 1. The number of benzene rings is 2. The van der Waals surface area contributed by atoms with E-state index in [1.165, 1.54) is 36.0 Å². The first-order valence-corrected chi connectivity index (χ1v) is 11.3. The van der Waals surface area contributed by atoms with E-state index in [0.717, 1.165) is 5.69 Å². The highest BCUT2D eigenvalue weighted by atomic mass is 32.2. The van der Waals surface area contributed by atoms with Crippen LogP contribution in [0.15, 0.2) is 53.7 Å². The van der Waals surface area contributed by atoms with E-state index in [1.807, 2.05) is 30.5 Å². The Hall–Kier alpha value is -3.64. The minimum absolute atomic E-state index is 0.0359. The van der Waals surface area contributed by atoms with E-state index >= 15 is 0 Å². The summed E-state index contributed by atoms with van der Waals surface area (Å²) in [6, 6.07) is 11.9. The van der Waals surface area contributed by atoms with Crippen molar-refractivity contribution in [1.29, 1.82) is 0 Å². The van der Waals surface area contributed by atoms with Crippen LogP contribution < -0.4 is 11.1 Å². The van der Waals surface area contributed by atoms with E-state index in [1.54, 1.807) is 24.3 Å². The molecule has 3 N–H and O–H groups in total. The molecule has 34 heavy (non-hydrogen) atoms. The molecule has 0 saturated heterocycles. The topological polar surface area (TPSA) is 111 Å². The zero-order valence-electron chi connectivity index (χ0n) is 18.8. The summed E-state index contributed by atoms with van der Waals surface area (Å²) >= 11 is 1.37. The van der Waals surface area contributed by atoms with Crippen LogP contribution in [0.1, 0.15) is 24.6 Å². The number of halogens is 2. The second-order valence-corrected chi connectivity index (χ2v) is 8.59. The highest BCUT2D eigenvalue weighted by molar-refractivity contribution is 7.98.